The van der Waals surface area contributed by atoms with Crippen molar-refractivity contribution in [2.24, 2.45) is 0 Å². The highest BCUT2D eigenvalue weighted by Crippen LogP contribution is 2.34. The summed E-state index contributed by atoms with van der Waals surface area (Å²) in [5.41, 5.74) is 2.33. The van der Waals surface area contributed by atoms with Gasteiger partial charge in [-0.15, -0.1) is 0 Å². The van der Waals surface area contributed by atoms with Gasteiger partial charge in [0.25, 0.3) is 0 Å². The van der Waals surface area contributed by atoms with E-state index in [1.54, 1.807) is 37.3 Å². The number of nitrogens with one attached hydrogen (secondary N) is 1. The van der Waals surface area contributed by atoms with E-state index in [2.05, 4.69) is 10.2 Å². The van der Waals surface area contributed by atoms with Crippen LogP contribution >= 0.6 is 23.2 Å². The van der Waals surface area contributed by atoms with Crippen molar-refractivity contribution in [3.8, 4) is 11.3 Å². The largest absolute Gasteiger partial charge is 0.457 e. The Bertz CT molecular complexity index is 1200. The van der Waals surface area contributed by atoms with Gasteiger partial charge in [-0.05, 0) is 42.5 Å². The van der Waals surface area contributed by atoms with E-state index < -0.39 is 0 Å². The van der Waals surface area contributed by atoms with Crippen LogP contribution in [-0.2, 0) is 9.59 Å². The number of carbonyl (C=O) groups excluding carboxylic acids is 2. The van der Waals surface area contributed by atoms with Crippen LogP contribution < -0.4 is 10.2 Å². The van der Waals surface area contributed by atoms with Crippen molar-refractivity contribution >= 4 is 52.5 Å². The minimum absolute atomic E-state index is 0.0834. The lowest BCUT2D eigenvalue weighted by Gasteiger charge is -2.36. The van der Waals surface area contributed by atoms with E-state index in [1.165, 1.54) is 6.08 Å². The van der Waals surface area contributed by atoms with Gasteiger partial charge in [-0.25, -0.2) is 0 Å². The van der Waals surface area contributed by atoms with Crippen molar-refractivity contribution in [3.63, 3.8) is 0 Å². The molecule has 1 aromatic heterocycles. The molecule has 3 aromatic rings. The number of halogens is 2. The summed E-state index contributed by atoms with van der Waals surface area (Å²) in [5, 5.41) is 3.81. The lowest BCUT2D eigenvalue weighted by Crippen LogP contribution is -2.48. The number of furan rings is 1. The molecule has 0 bridgehead atoms. The van der Waals surface area contributed by atoms with Gasteiger partial charge >= 0.3 is 0 Å². The molecule has 33 heavy (non-hydrogen) atoms. The number of anilines is 2. The number of hydrogen-bond donors (Lipinski definition) is 1. The van der Waals surface area contributed by atoms with E-state index in [0.29, 0.717) is 59.0 Å². The topological polar surface area (TPSA) is 65.8 Å². The Morgan fingerprint density at radius 1 is 0.970 bits per heavy atom. The van der Waals surface area contributed by atoms with Crippen LogP contribution in [0, 0.1) is 0 Å². The highest BCUT2D eigenvalue weighted by Gasteiger charge is 2.20. The fourth-order valence-corrected chi connectivity index (χ4v) is 4.12. The number of rotatable bonds is 5. The standard InChI is InChI=1S/C25H23Cl2N3O3/c1-17(31)29-13-15-30(16-14-29)22-8-3-2-7-21(22)28-24(32)12-10-18-9-11-23(33-18)19-5-4-6-20(26)25(19)27/h2-12H,13-16H2,1H3,(H,28,32)/b12-10+. The smallest absolute Gasteiger partial charge is 0.248 e. The van der Waals surface area contributed by atoms with Gasteiger partial charge in [0.1, 0.15) is 11.5 Å². The van der Waals surface area contributed by atoms with Gasteiger partial charge in [-0.1, -0.05) is 41.4 Å². The average Bonchev–Trinajstić information content (AvgIpc) is 3.29. The summed E-state index contributed by atoms with van der Waals surface area (Å²) >= 11 is 12.3. The quantitative estimate of drug-likeness (QED) is 0.481. The molecule has 2 aromatic carbocycles. The zero-order valence-corrected chi connectivity index (χ0v) is 19.6. The third kappa shape index (κ3) is 5.41. The van der Waals surface area contributed by atoms with Crippen LogP contribution in [0.15, 0.2) is 65.1 Å². The van der Waals surface area contributed by atoms with E-state index in [0.717, 1.165) is 5.69 Å². The molecule has 0 saturated carbocycles. The van der Waals surface area contributed by atoms with Gasteiger partial charge in [0, 0.05) is 44.7 Å². The van der Waals surface area contributed by atoms with Crippen LogP contribution in [0.4, 0.5) is 11.4 Å². The molecule has 2 amide bonds. The summed E-state index contributed by atoms with van der Waals surface area (Å²) in [6, 6.07) is 16.5. The molecule has 0 unspecified atom stereocenters. The van der Waals surface area contributed by atoms with E-state index >= 15 is 0 Å². The van der Waals surface area contributed by atoms with Crippen LogP contribution in [0.1, 0.15) is 12.7 Å². The van der Waals surface area contributed by atoms with Gasteiger partial charge in [-0.3, -0.25) is 9.59 Å². The number of hydrogen-bond acceptors (Lipinski definition) is 4. The summed E-state index contributed by atoms with van der Waals surface area (Å²) in [6.45, 7) is 4.33. The van der Waals surface area contributed by atoms with E-state index in [1.807, 2.05) is 35.2 Å². The third-order valence-corrected chi connectivity index (χ3v) is 6.29. The summed E-state index contributed by atoms with van der Waals surface area (Å²) in [5.74, 6) is 0.895. The van der Waals surface area contributed by atoms with Crippen molar-refractivity contribution in [2.45, 2.75) is 6.92 Å². The number of para-hydroxylation sites is 2. The van der Waals surface area contributed by atoms with Crippen molar-refractivity contribution in [1.29, 1.82) is 0 Å². The Morgan fingerprint density at radius 3 is 2.48 bits per heavy atom. The Morgan fingerprint density at radius 2 is 1.73 bits per heavy atom. The van der Waals surface area contributed by atoms with Gasteiger partial charge in [0.2, 0.25) is 11.8 Å². The first-order chi connectivity index (χ1) is 15.9. The summed E-state index contributed by atoms with van der Waals surface area (Å²) in [4.78, 5) is 28.2. The van der Waals surface area contributed by atoms with Crippen LogP contribution in [0.5, 0.6) is 0 Å². The Hall–Kier alpha value is -3.22. The molecule has 1 saturated heterocycles. The molecule has 1 N–H and O–H groups in total. The number of amides is 2. The molecule has 0 atom stereocenters. The zero-order valence-electron chi connectivity index (χ0n) is 18.1. The van der Waals surface area contributed by atoms with Crippen molar-refractivity contribution in [1.82, 2.24) is 4.90 Å². The molecule has 170 valence electrons. The number of piperazine rings is 1. The molecule has 4 rings (SSSR count). The molecule has 0 radical (unpaired) electrons. The molecular weight excluding hydrogens is 461 g/mol. The third-order valence-electron chi connectivity index (χ3n) is 5.47. The SMILES string of the molecule is CC(=O)N1CCN(c2ccccc2NC(=O)/C=C/c2ccc(-c3cccc(Cl)c3Cl)o2)CC1. The van der Waals surface area contributed by atoms with E-state index in [4.69, 9.17) is 27.6 Å². The molecule has 0 aliphatic carbocycles. The summed E-state index contributed by atoms with van der Waals surface area (Å²) < 4.78 is 5.80. The maximum absolute atomic E-state index is 12.6. The van der Waals surface area contributed by atoms with E-state index in [-0.39, 0.29) is 11.8 Å². The van der Waals surface area contributed by atoms with Crippen LogP contribution in [0.2, 0.25) is 10.0 Å². The van der Waals surface area contributed by atoms with Gasteiger partial charge in [0.15, 0.2) is 0 Å². The first-order valence-corrected chi connectivity index (χ1v) is 11.3. The molecule has 0 spiro atoms. The second-order valence-corrected chi connectivity index (χ2v) is 8.42. The van der Waals surface area contributed by atoms with Crippen LogP contribution in [-0.4, -0.2) is 42.9 Å². The van der Waals surface area contributed by atoms with Gasteiger partial charge in [0.05, 0.1) is 21.4 Å². The molecular formula is C25H23Cl2N3O3. The highest BCUT2D eigenvalue weighted by molar-refractivity contribution is 6.43. The molecule has 1 fully saturated rings. The summed E-state index contributed by atoms with van der Waals surface area (Å²) in [7, 11) is 0. The monoisotopic (exact) mass is 483 g/mol. The second kappa shape index (κ2) is 10.1. The minimum Gasteiger partial charge on any atom is -0.457 e. The fourth-order valence-electron chi connectivity index (χ4n) is 3.73. The molecule has 8 heteroatoms. The van der Waals surface area contributed by atoms with Crippen LogP contribution in [0.25, 0.3) is 17.4 Å². The van der Waals surface area contributed by atoms with Crippen molar-refractivity contribution in [3.05, 3.63) is 76.5 Å². The Balaban J connectivity index is 1.42. The number of carbonyl (C=O) groups is 2. The molecule has 6 nitrogen and oxygen atoms in total. The highest BCUT2D eigenvalue weighted by atomic mass is 35.5. The second-order valence-electron chi connectivity index (χ2n) is 7.64. The van der Waals surface area contributed by atoms with Crippen LogP contribution in [0.3, 0.4) is 0 Å². The van der Waals surface area contributed by atoms with E-state index in [9.17, 15) is 9.59 Å². The number of benzene rings is 2. The minimum atomic E-state index is -0.274. The van der Waals surface area contributed by atoms with Gasteiger partial charge < -0.3 is 19.5 Å². The summed E-state index contributed by atoms with van der Waals surface area (Å²) in [6.07, 6.45) is 3.03. The first kappa shape index (κ1) is 23.0. The Labute approximate surface area is 202 Å². The zero-order chi connectivity index (χ0) is 23.4. The maximum atomic E-state index is 12.6. The lowest BCUT2D eigenvalue weighted by molar-refractivity contribution is -0.129. The molecule has 1 aliphatic heterocycles. The first-order valence-electron chi connectivity index (χ1n) is 10.5. The molecule has 2 heterocycles. The Kier molecular flexibility index (Phi) is 7.06. The molecule has 1 aliphatic rings. The van der Waals surface area contributed by atoms with Crippen molar-refractivity contribution in [2.75, 3.05) is 36.4 Å². The van der Waals surface area contributed by atoms with Gasteiger partial charge in [-0.2, -0.15) is 0 Å². The predicted molar refractivity (Wildman–Crippen MR) is 133 cm³/mol. The fraction of sp³-hybridized carbons (Fsp3) is 0.200. The lowest BCUT2D eigenvalue weighted by atomic mass is 10.2. The number of nitrogens with zero attached hydrogens (tertiary/aromatic N) is 2. The van der Waals surface area contributed by atoms with Crippen molar-refractivity contribution < 1.29 is 14.0 Å². The normalized spacial score (nSPS) is 14.0. The predicted octanol–water partition coefficient (Wildman–Crippen LogP) is 5.57. The maximum Gasteiger partial charge on any atom is 0.248 e. The average molecular weight is 484 g/mol.